The predicted molar refractivity (Wildman–Crippen MR) is 93.8 cm³/mol. The Morgan fingerprint density at radius 1 is 1.03 bits per heavy atom. The summed E-state index contributed by atoms with van der Waals surface area (Å²) >= 11 is 0. The molecule has 1 aliphatic heterocycles. The number of rotatable bonds is 3. The number of Topliss-reactive ketones (excluding diaryl/α,β-unsaturated/α-hetero) is 1. The van der Waals surface area contributed by atoms with Crippen molar-refractivity contribution in [3.63, 3.8) is 0 Å². The third-order valence-electron chi connectivity index (χ3n) is 7.00. The maximum atomic E-state index is 13.0. The molecule has 1 heterocycles. The fourth-order valence-corrected chi connectivity index (χ4v) is 5.91. The number of esters is 1. The van der Waals surface area contributed by atoms with Gasteiger partial charge in [0.15, 0.2) is 0 Å². The highest BCUT2D eigenvalue weighted by atomic mass is 19.4. The van der Waals surface area contributed by atoms with Gasteiger partial charge in [-0.3, -0.25) is 19.2 Å². The molecule has 4 aliphatic carbocycles. The van der Waals surface area contributed by atoms with Crippen LogP contribution < -0.4 is 0 Å². The number of fused-ring (bicyclic) bond motifs is 1. The van der Waals surface area contributed by atoms with Gasteiger partial charge in [-0.25, -0.2) is 0 Å². The third kappa shape index (κ3) is 2.70. The summed E-state index contributed by atoms with van der Waals surface area (Å²) in [6.07, 6.45) is -1.74. The second-order valence-electron chi connectivity index (χ2n) is 8.90. The van der Waals surface area contributed by atoms with Gasteiger partial charge in [0.2, 0.25) is 0 Å². The first kappa shape index (κ1) is 19.3. The minimum Gasteiger partial charge on any atom is -0.460 e. The van der Waals surface area contributed by atoms with Crippen LogP contribution in [-0.4, -0.2) is 34.8 Å². The van der Waals surface area contributed by atoms with E-state index in [2.05, 4.69) is 0 Å². The number of ketones is 1. The van der Waals surface area contributed by atoms with Crippen molar-refractivity contribution in [2.24, 2.45) is 23.2 Å². The van der Waals surface area contributed by atoms with Gasteiger partial charge in [-0.15, -0.1) is 13.2 Å². The minimum atomic E-state index is -5.10. The van der Waals surface area contributed by atoms with Crippen molar-refractivity contribution in [2.75, 3.05) is 0 Å². The van der Waals surface area contributed by atoms with Gasteiger partial charge in [-0.05, 0) is 55.7 Å². The van der Waals surface area contributed by atoms with E-state index in [1.807, 2.05) is 0 Å². The van der Waals surface area contributed by atoms with Gasteiger partial charge >= 0.3 is 12.3 Å². The van der Waals surface area contributed by atoms with Gasteiger partial charge in [-0.2, -0.15) is 4.90 Å². The molecule has 1 aromatic rings. The summed E-state index contributed by atoms with van der Waals surface area (Å²) < 4.78 is 44.4. The molecule has 0 saturated heterocycles. The van der Waals surface area contributed by atoms with E-state index in [4.69, 9.17) is 4.74 Å². The highest BCUT2D eigenvalue weighted by Crippen LogP contribution is 2.59. The highest BCUT2D eigenvalue weighted by molar-refractivity contribution is 6.21. The molecule has 0 spiro atoms. The predicted octanol–water partition coefficient (Wildman–Crippen LogP) is 3.24. The SMILES string of the molecule is O=C1C2CC3CC1CC(C(=O)OCc1ccc4c(c1)C(=O)N(C(F)(F)F)C4=O)(C3)C2. The van der Waals surface area contributed by atoms with E-state index in [1.54, 1.807) is 0 Å². The van der Waals surface area contributed by atoms with Crippen LogP contribution in [0.2, 0.25) is 0 Å². The summed E-state index contributed by atoms with van der Waals surface area (Å²) in [5.41, 5.74) is -1.02. The lowest BCUT2D eigenvalue weighted by Gasteiger charge is -2.53. The molecule has 2 amide bonds. The van der Waals surface area contributed by atoms with Crippen LogP contribution in [0.25, 0.3) is 0 Å². The molecular formula is C21H18F3NO5. The summed E-state index contributed by atoms with van der Waals surface area (Å²) in [5.74, 6) is -2.80. The second kappa shape index (κ2) is 6.15. The van der Waals surface area contributed by atoms with E-state index >= 15 is 0 Å². The number of benzene rings is 1. The van der Waals surface area contributed by atoms with Crippen molar-refractivity contribution in [3.05, 3.63) is 34.9 Å². The summed E-state index contributed by atoms with van der Waals surface area (Å²) in [5, 5.41) is 0. The Labute approximate surface area is 169 Å². The Hall–Kier alpha value is -2.71. The molecule has 6 rings (SSSR count). The Morgan fingerprint density at radius 3 is 2.30 bits per heavy atom. The molecule has 30 heavy (non-hydrogen) atoms. The lowest BCUT2D eigenvalue weighted by Crippen LogP contribution is -2.54. The van der Waals surface area contributed by atoms with Crippen LogP contribution in [-0.2, 0) is 20.9 Å². The van der Waals surface area contributed by atoms with E-state index in [0.29, 0.717) is 30.7 Å². The average Bonchev–Trinajstić information content (AvgIpc) is 2.93. The number of hydrogen-bond acceptors (Lipinski definition) is 5. The van der Waals surface area contributed by atoms with Gasteiger partial charge < -0.3 is 4.74 Å². The molecule has 0 N–H and O–H groups in total. The molecule has 2 atom stereocenters. The first-order valence-electron chi connectivity index (χ1n) is 9.88. The number of carbonyl (C=O) groups is 4. The van der Waals surface area contributed by atoms with Crippen molar-refractivity contribution >= 4 is 23.6 Å². The van der Waals surface area contributed by atoms with Crippen molar-refractivity contribution in [3.8, 4) is 0 Å². The Balaban J connectivity index is 1.31. The molecule has 9 heteroatoms. The highest BCUT2D eigenvalue weighted by Gasteiger charge is 2.59. The number of amides is 2. The number of imide groups is 1. The molecule has 158 valence electrons. The van der Waals surface area contributed by atoms with E-state index < -0.39 is 34.4 Å². The zero-order valence-electron chi connectivity index (χ0n) is 15.8. The maximum absolute atomic E-state index is 13.0. The van der Waals surface area contributed by atoms with Crippen LogP contribution in [0.4, 0.5) is 13.2 Å². The van der Waals surface area contributed by atoms with Crippen LogP contribution in [0.3, 0.4) is 0 Å². The molecule has 1 aromatic carbocycles. The summed E-state index contributed by atoms with van der Waals surface area (Å²) in [7, 11) is 0. The fourth-order valence-electron chi connectivity index (χ4n) is 5.91. The molecule has 5 aliphatic rings. The first-order valence-corrected chi connectivity index (χ1v) is 9.88. The van der Waals surface area contributed by atoms with E-state index in [9.17, 15) is 32.3 Å². The van der Waals surface area contributed by atoms with Gasteiger partial charge in [-0.1, -0.05) is 6.07 Å². The number of carbonyl (C=O) groups excluding carboxylic acids is 4. The van der Waals surface area contributed by atoms with Crippen LogP contribution in [0.15, 0.2) is 18.2 Å². The molecule has 0 aromatic heterocycles. The van der Waals surface area contributed by atoms with Crippen molar-refractivity contribution in [1.82, 2.24) is 4.90 Å². The van der Waals surface area contributed by atoms with Crippen LogP contribution in [0.5, 0.6) is 0 Å². The number of ether oxygens (including phenoxy) is 1. The number of nitrogens with zero attached hydrogens (tertiary/aromatic N) is 1. The topological polar surface area (TPSA) is 80.8 Å². The minimum absolute atomic E-state index is 0.0826. The van der Waals surface area contributed by atoms with E-state index in [-0.39, 0.29) is 35.4 Å². The first-order chi connectivity index (χ1) is 14.1. The molecule has 4 saturated carbocycles. The number of alkyl halides is 3. The van der Waals surface area contributed by atoms with Gasteiger partial charge in [0.05, 0.1) is 16.5 Å². The zero-order chi connectivity index (χ0) is 21.4. The van der Waals surface area contributed by atoms with Crippen molar-refractivity contribution in [2.45, 2.75) is 45.0 Å². The Morgan fingerprint density at radius 2 is 1.67 bits per heavy atom. The number of hydrogen-bond donors (Lipinski definition) is 0. The molecule has 0 radical (unpaired) electrons. The average molecular weight is 421 g/mol. The molecular weight excluding hydrogens is 403 g/mol. The van der Waals surface area contributed by atoms with Crippen molar-refractivity contribution in [1.29, 1.82) is 0 Å². The lowest BCUT2D eigenvalue weighted by molar-refractivity contribution is -0.205. The monoisotopic (exact) mass is 421 g/mol. The molecule has 4 fully saturated rings. The van der Waals surface area contributed by atoms with Crippen LogP contribution in [0, 0.1) is 23.2 Å². The second-order valence-corrected chi connectivity index (χ2v) is 8.90. The Kier molecular flexibility index (Phi) is 3.95. The Bertz CT molecular complexity index is 983. The fraction of sp³-hybridized carbons (Fsp3) is 0.524. The van der Waals surface area contributed by atoms with Crippen LogP contribution in [0.1, 0.15) is 58.4 Å². The third-order valence-corrected chi connectivity index (χ3v) is 7.00. The van der Waals surface area contributed by atoms with Gasteiger partial charge in [0, 0.05) is 11.8 Å². The molecule has 4 bridgehead atoms. The summed E-state index contributed by atoms with van der Waals surface area (Å²) in [6, 6.07) is 3.69. The summed E-state index contributed by atoms with van der Waals surface area (Å²) in [6.45, 7) is -0.213. The van der Waals surface area contributed by atoms with Gasteiger partial charge in [0.25, 0.3) is 11.8 Å². The molecule has 2 unspecified atom stereocenters. The number of halogens is 3. The standard InChI is InChI=1S/C21H18F3NO5/c22-21(23,24)25-17(27)14-2-1-10(5-15(14)18(25)28)9-30-19(29)20-6-11-3-12(7-20)16(26)13(4-11)8-20/h1-2,5,11-13H,3-4,6-9H2. The van der Waals surface area contributed by atoms with Crippen molar-refractivity contribution < 1.29 is 37.1 Å². The summed E-state index contributed by atoms with van der Waals surface area (Å²) in [4.78, 5) is 48.4. The van der Waals surface area contributed by atoms with Gasteiger partial charge in [0.1, 0.15) is 12.4 Å². The lowest BCUT2D eigenvalue weighted by atomic mass is 9.49. The van der Waals surface area contributed by atoms with E-state index in [1.165, 1.54) is 6.07 Å². The van der Waals surface area contributed by atoms with Crippen LogP contribution >= 0.6 is 0 Å². The normalized spacial score (nSPS) is 32.0. The largest absolute Gasteiger partial charge is 0.494 e. The maximum Gasteiger partial charge on any atom is 0.494 e. The van der Waals surface area contributed by atoms with E-state index in [0.717, 1.165) is 25.0 Å². The molecule has 6 nitrogen and oxygen atoms in total. The quantitative estimate of drug-likeness (QED) is 0.425. The zero-order valence-corrected chi connectivity index (χ0v) is 15.8. The smallest absolute Gasteiger partial charge is 0.460 e.